The van der Waals surface area contributed by atoms with E-state index in [4.69, 9.17) is 28.0 Å². The van der Waals surface area contributed by atoms with Crippen molar-refractivity contribution >= 4 is 28.9 Å². The van der Waals surface area contributed by atoms with Crippen molar-refractivity contribution in [3.05, 3.63) is 69.2 Å². The fraction of sp³-hybridized carbons (Fsp3) is 0.188. The van der Waals surface area contributed by atoms with Crippen molar-refractivity contribution < 1.29 is 18.0 Å². The first-order valence-electron chi connectivity index (χ1n) is 6.55. The molecule has 0 aliphatic heterocycles. The molecule has 0 spiro atoms. The van der Waals surface area contributed by atoms with E-state index >= 15 is 0 Å². The maximum absolute atomic E-state index is 13.0. The largest absolute Gasteiger partial charge is 0.417 e. The molecule has 0 aliphatic rings. The van der Waals surface area contributed by atoms with Gasteiger partial charge in [0.25, 0.3) is 0 Å². The van der Waals surface area contributed by atoms with Gasteiger partial charge in [-0.25, -0.2) is 0 Å². The monoisotopic (exact) mass is 361 g/mol. The third-order valence-electron chi connectivity index (χ3n) is 3.02. The van der Waals surface area contributed by atoms with Crippen LogP contribution in [0.1, 0.15) is 23.6 Å². The van der Waals surface area contributed by atoms with Crippen molar-refractivity contribution in [1.82, 2.24) is 0 Å². The fourth-order valence-corrected chi connectivity index (χ4v) is 2.19. The standard InChI is InChI=1S/C16H12Cl2F3NO/c1-10(22-23-9-11-2-4-12(17)5-3-11)14-8-13(18)6-7-15(14)16(19,20)21/h2-8H,9H2,1H3. The smallest absolute Gasteiger partial charge is 0.391 e. The van der Waals surface area contributed by atoms with Gasteiger partial charge in [0.15, 0.2) is 0 Å². The van der Waals surface area contributed by atoms with E-state index in [9.17, 15) is 13.2 Å². The molecule has 0 saturated heterocycles. The summed E-state index contributed by atoms with van der Waals surface area (Å²) in [7, 11) is 0. The SMILES string of the molecule is CC(=NOCc1ccc(Cl)cc1)c1cc(Cl)ccc1C(F)(F)F. The van der Waals surface area contributed by atoms with Gasteiger partial charge in [-0.15, -0.1) is 0 Å². The number of oxime groups is 1. The van der Waals surface area contributed by atoms with Gasteiger partial charge in [-0.2, -0.15) is 13.2 Å². The summed E-state index contributed by atoms with van der Waals surface area (Å²) in [6.45, 7) is 1.55. The van der Waals surface area contributed by atoms with Gasteiger partial charge >= 0.3 is 6.18 Å². The molecule has 0 bridgehead atoms. The van der Waals surface area contributed by atoms with Crippen molar-refractivity contribution in [1.29, 1.82) is 0 Å². The van der Waals surface area contributed by atoms with E-state index in [-0.39, 0.29) is 22.9 Å². The van der Waals surface area contributed by atoms with Crippen LogP contribution in [0.3, 0.4) is 0 Å². The molecule has 2 nitrogen and oxygen atoms in total. The lowest BCUT2D eigenvalue weighted by molar-refractivity contribution is -0.137. The molecule has 0 aliphatic carbocycles. The van der Waals surface area contributed by atoms with Gasteiger partial charge in [0.2, 0.25) is 0 Å². The van der Waals surface area contributed by atoms with Gasteiger partial charge in [-0.1, -0.05) is 40.5 Å². The molecule has 2 rings (SSSR count). The van der Waals surface area contributed by atoms with Crippen LogP contribution in [-0.2, 0) is 17.6 Å². The highest BCUT2D eigenvalue weighted by Gasteiger charge is 2.34. The normalized spacial score (nSPS) is 12.3. The number of benzene rings is 2. The van der Waals surface area contributed by atoms with Crippen LogP contribution in [0.2, 0.25) is 10.0 Å². The van der Waals surface area contributed by atoms with Crippen LogP contribution in [0.4, 0.5) is 13.2 Å². The molecule has 2 aromatic carbocycles. The van der Waals surface area contributed by atoms with E-state index in [1.54, 1.807) is 24.3 Å². The minimum Gasteiger partial charge on any atom is -0.391 e. The van der Waals surface area contributed by atoms with Crippen LogP contribution in [0, 0.1) is 0 Å². The van der Waals surface area contributed by atoms with Gasteiger partial charge in [0.05, 0.1) is 11.3 Å². The Morgan fingerprint density at radius 1 is 1.04 bits per heavy atom. The summed E-state index contributed by atoms with van der Waals surface area (Å²) in [5, 5.41) is 4.53. The van der Waals surface area contributed by atoms with E-state index in [0.29, 0.717) is 5.02 Å². The van der Waals surface area contributed by atoms with Crippen molar-refractivity contribution in [2.75, 3.05) is 0 Å². The zero-order valence-electron chi connectivity index (χ0n) is 12.0. The fourth-order valence-electron chi connectivity index (χ4n) is 1.90. The molecule has 0 unspecified atom stereocenters. The molecule has 0 aromatic heterocycles. The number of rotatable bonds is 4. The van der Waals surface area contributed by atoms with Crippen LogP contribution in [0.25, 0.3) is 0 Å². The average Bonchev–Trinajstić information content (AvgIpc) is 2.48. The summed E-state index contributed by atoms with van der Waals surface area (Å²) in [6, 6.07) is 10.2. The second-order valence-corrected chi connectivity index (χ2v) is 5.64. The lowest BCUT2D eigenvalue weighted by Crippen LogP contribution is -2.12. The van der Waals surface area contributed by atoms with Crippen molar-refractivity contribution in [3.8, 4) is 0 Å². The zero-order valence-corrected chi connectivity index (χ0v) is 13.5. The van der Waals surface area contributed by atoms with Crippen LogP contribution in [0.15, 0.2) is 47.6 Å². The van der Waals surface area contributed by atoms with E-state index in [2.05, 4.69) is 5.16 Å². The number of nitrogens with zero attached hydrogens (tertiary/aromatic N) is 1. The van der Waals surface area contributed by atoms with Gasteiger partial charge in [-0.3, -0.25) is 0 Å². The summed E-state index contributed by atoms with van der Waals surface area (Å²) < 4.78 is 39.0. The molecule has 0 heterocycles. The predicted octanol–water partition coefficient (Wildman–Crippen LogP) is 5.95. The molecule has 0 amide bonds. The average molecular weight is 362 g/mol. The highest BCUT2D eigenvalue weighted by molar-refractivity contribution is 6.31. The van der Waals surface area contributed by atoms with Crippen molar-refractivity contribution in [2.45, 2.75) is 19.7 Å². The van der Waals surface area contributed by atoms with Gasteiger partial charge in [0.1, 0.15) is 6.61 Å². The molecule has 0 radical (unpaired) electrons. The molecule has 23 heavy (non-hydrogen) atoms. The Morgan fingerprint density at radius 3 is 2.26 bits per heavy atom. The highest BCUT2D eigenvalue weighted by Crippen LogP contribution is 2.33. The maximum Gasteiger partial charge on any atom is 0.417 e. The summed E-state index contributed by atoms with van der Waals surface area (Å²) in [5.74, 6) is 0. The first kappa shape index (κ1) is 17.6. The minimum absolute atomic E-state index is 0.0915. The molecule has 0 N–H and O–H groups in total. The Labute approximate surface area is 141 Å². The Bertz CT molecular complexity index is 712. The van der Waals surface area contributed by atoms with Crippen LogP contribution >= 0.6 is 23.2 Å². The van der Waals surface area contributed by atoms with E-state index < -0.39 is 11.7 Å². The Kier molecular flexibility index (Phi) is 5.55. The van der Waals surface area contributed by atoms with E-state index in [1.807, 2.05) is 0 Å². The topological polar surface area (TPSA) is 21.6 Å². The van der Waals surface area contributed by atoms with Crippen molar-refractivity contribution in [2.24, 2.45) is 5.16 Å². The van der Waals surface area contributed by atoms with E-state index in [0.717, 1.165) is 11.6 Å². The summed E-state index contributed by atoms with van der Waals surface area (Å²) >= 11 is 11.5. The minimum atomic E-state index is -4.49. The lowest BCUT2D eigenvalue weighted by Gasteiger charge is -2.12. The number of hydrogen-bond acceptors (Lipinski definition) is 2. The first-order chi connectivity index (χ1) is 10.8. The number of hydrogen-bond donors (Lipinski definition) is 0. The summed E-state index contributed by atoms with van der Waals surface area (Å²) in [6.07, 6.45) is -4.49. The van der Waals surface area contributed by atoms with Crippen LogP contribution in [-0.4, -0.2) is 5.71 Å². The highest BCUT2D eigenvalue weighted by atomic mass is 35.5. The Morgan fingerprint density at radius 2 is 1.65 bits per heavy atom. The zero-order chi connectivity index (χ0) is 17.0. The van der Waals surface area contributed by atoms with Crippen LogP contribution in [0.5, 0.6) is 0 Å². The van der Waals surface area contributed by atoms with E-state index in [1.165, 1.54) is 19.1 Å². The quantitative estimate of drug-likeness (QED) is 0.486. The lowest BCUT2D eigenvalue weighted by atomic mass is 10.0. The van der Waals surface area contributed by atoms with Gasteiger partial charge in [-0.05, 0) is 42.8 Å². The Hall–Kier alpha value is -1.72. The molecule has 0 atom stereocenters. The third kappa shape index (κ3) is 4.88. The molecular formula is C16H12Cl2F3NO. The van der Waals surface area contributed by atoms with Crippen molar-refractivity contribution in [3.63, 3.8) is 0 Å². The van der Waals surface area contributed by atoms with Gasteiger partial charge < -0.3 is 4.84 Å². The molecular weight excluding hydrogens is 350 g/mol. The maximum atomic E-state index is 13.0. The molecule has 7 heteroatoms. The first-order valence-corrected chi connectivity index (χ1v) is 7.31. The summed E-state index contributed by atoms with van der Waals surface area (Å²) in [5.41, 5.74) is -0.0266. The second kappa shape index (κ2) is 7.23. The van der Waals surface area contributed by atoms with Crippen LogP contribution < -0.4 is 0 Å². The molecule has 2 aromatic rings. The Balaban J connectivity index is 2.17. The third-order valence-corrected chi connectivity index (χ3v) is 3.51. The predicted molar refractivity (Wildman–Crippen MR) is 84.9 cm³/mol. The molecule has 0 saturated carbocycles. The number of alkyl halides is 3. The summed E-state index contributed by atoms with van der Waals surface area (Å²) in [4.78, 5) is 5.12. The molecule has 0 fully saturated rings. The van der Waals surface area contributed by atoms with Gasteiger partial charge in [0, 0.05) is 15.6 Å². The second-order valence-electron chi connectivity index (χ2n) is 4.76. The number of halogens is 5. The molecule has 122 valence electrons.